The van der Waals surface area contributed by atoms with Gasteiger partial charge in [-0.05, 0) is 40.3 Å². The molecule has 1 saturated heterocycles. The molecule has 0 unspecified atom stereocenters. The molecule has 1 amide bonds. The van der Waals surface area contributed by atoms with Gasteiger partial charge in [-0.2, -0.15) is 0 Å². The Bertz CT molecular complexity index is 260. The smallest absolute Gasteiger partial charge is 0.332 e. The summed E-state index contributed by atoms with van der Waals surface area (Å²) in [5.74, 6) is 0.129. The van der Waals surface area contributed by atoms with E-state index in [2.05, 4.69) is 5.32 Å². The predicted molar refractivity (Wildman–Crippen MR) is 65.4 cm³/mol. The number of carbonyl (C=O) groups excluding carboxylic acids is 1. The molecule has 1 rings (SSSR count). The van der Waals surface area contributed by atoms with Gasteiger partial charge in [-0.25, -0.2) is 0 Å². The van der Waals surface area contributed by atoms with Gasteiger partial charge < -0.3 is 14.2 Å². The van der Waals surface area contributed by atoms with Gasteiger partial charge in [0.15, 0.2) is 0 Å². The number of rotatable bonds is 4. The lowest BCUT2D eigenvalue weighted by Crippen LogP contribution is -2.44. The molecule has 0 bridgehead atoms. The van der Waals surface area contributed by atoms with E-state index in [-0.39, 0.29) is 17.6 Å². The van der Waals surface area contributed by atoms with Crippen LogP contribution in [0.15, 0.2) is 0 Å². The van der Waals surface area contributed by atoms with E-state index >= 15 is 0 Å². The number of hydrogen-bond acceptors (Lipinski definition) is 3. The molecule has 1 aliphatic rings. The highest BCUT2D eigenvalue weighted by atomic mass is 28.4. The highest BCUT2D eigenvalue weighted by Gasteiger charge is 2.32. The molecular formula is C11H23NO3Si. The Morgan fingerprint density at radius 3 is 2.50 bits per heavy atom. The maximum atomic E-state index is 11.0. The molecule has 0 aromatic carbocycles. The number of carbonyl (C=O) groups is 1. The molecule has 5 heteroatoms. The highest BCUT2D eigenvalue weighted by Crippen LogP contribution is 2.18. The third-order valence-electron chi connectivity index (χ3n) is 2.27. The molecule has 94 valence electrons. The molecule has 0 aromatic heterocycles. The van der Waals surface area contributed by atoms with Crippen molar-refractivity contribution in [1.29, 1.82) is 0 Å². The van der Waals surface area contributed by atoms with E-state index in [4.69, 9.17) is 8.85 Å². The molecule has 1 N–H and O–H groups in total. The Morgan fingerprint density at radius 2 is 2.06 bits per heavy atom. The monoisotopic (exact) mass is 245 g/mol. The zero-order valence-electron chi connectivity index (χ0n) is 10.9. The SMILES string of the molecule is CC(C)(C)O[Si](C)(C)OC[C@H]1CCC(=O)N1. The summed E-state index contributed by atoms with van der Waals surface area (Å²) in [4.78, 5) is 11.0. The second-order valence-electron chi connectivity index (χ2n) is 5.73. The molecule has 16 heavy (non-hydrogen) atoms. The molecule has 1 fully saturated rings. The van der Waals surface area contributed by atoms with Crippen molar-refractivity contribution < 1.29 is 13.6 Å². The van der Waals surface area contributed by atoms with Gasteiger partial charge in [-0.15, -0.1) is 0 Å². The van der Waals surface area contributed by atoms with E-state index in [1.54, 1.807) is 0 Å². The minimum absolute atomic E-state index is 0.129. The summed E-state index contributed by atoms with van der Waals surface area (Å²) < 4.78 is 11.8. The molecule has 0 spiro atoms. The Kier molecular flexibility index (Phi) is 4.15. The minimum Gasteiger partial charge on any atom is -0.392 e. The van der Waals surface area contributed by atoms with Crippen molar-refractivity contribution in [2.24, 2.45) is 0 Å². The van der Waals surface area contributed by atoms with Gasteiger partial charge in [-0.3, -0.25) is 4.79 Å². The van der Waals surface area contributed by atoms with Crippen molar-refractivity contribution in [2.45, 2.75) is 58.3 Å². The van der Waals surface area contributed by atoms with Crippen molar-refractivity contribution in [3.05, 3.63) is 0 Å². The van der Waals surface area contributed by atoms with Crippen LogP contribution in [0.1, 0.15) is 33.6 Å². The first kappa shape index (κ1) is 13.7. The van der Waals surface area contributed by atoms with Crippen LogP contribution in [0.25, 0.3) is 0 Å². The Labute approximate surface area is 98.9 Å². The van der Waals surface area contributed by atoms with Crippen molar-refractivity contribution in [3.8, 4) is 0 Å². The van der Waals surface area contributed by atoms with Crippen LogP contribution in [0.4, 0.5) is 0 Å². The normalized spacial score (nSPS) is 22.3. The molecule has 0 aliphatic carbocycles. The maximum absolute atomic E-state index is 11.0. The van der Waals surface area contributed by atoms with Crippen molar-refractivity contribution in [1.82, 2.24) is 5.32 Å². The molecule has 1 aliphatic heterocycles. The number of nitrogens with one attached hydrogen (secondary N) is 1. The lowest BCUT2D eigenvalue weighted by molar-refractivity contribution is -0.119. The Balaban J connectivity index is 2.33. The quantitative estimate of drug-likeness (QED) is 0.768. The molecule has 1 heterocycles. The van der Waals surface area contributed by atoms with Gasteiger partial charge in [0.1, 0.15) is 0 Å². The average molecular weight is 245 g/mol. The first-order valence-corrected chi connectivity index (χ1v) is 8.63. The molecular weight excluding hydrogens is 222 g/mol. The van der Waals surface area contributed by atoms with Crippen LogP contribution < -0.4 is 5.32 Å². The van der Waals surface area contributed by atoms with Gasteiger partial charge in [0.05, 0.1) is 18.2 Å². The van der Waals surface area contributed by atoms with E-state index in [1.807, 2.05) is 33.9 Å². The zero-order valence-corrected chi connectivity index (χ0v) is 11.9. The summed E-state index contributed by atoms with van der Waals surface area (Å²) in [5.41, 5.74) is -0.172. The maximum Gasteiger partial charge on any atom is 0.332 e. The molecule has 0 radical (unpaired) electrons. The van der Waals surface area contributed by atoms with E-state index in [1.165, 1.54) is 0 Å². The fraction of sp³-hybridized carbons (Fsp3) is 0.909. The lowest BCUT2D eigenvalue weighted by Gasteiger charge is -2.32. The van der Waals surface area contributed by atoms with E-state index in [9.17, 15) is 4.79 Å². The lowest BCUT2D eigenvalue weighted by atomic mass is 10.2. The summed E-state index contributed by atoms with van der Waals surface area (Å²) in [6.07, 6.45) is 1.50. The van der Waals surface area contributed by atoms with Gasteiger partial charge in [-0.1, -0.05) is 0 Å². The summed E-state index contributed by atoms with van der Waals surface area (Å²) in [5, 5.41) is 2.89. The van der Waals surface area contributed by atoms with Crippen LogP contribution in [-0.2, 0) is 13.6 Å². The average Bonchev–Trinajstić information content (AvgIpc) is 2.44. The molecule has 0 saturated carbocycles. The third kappa shape index (κ3) is 5.09. The van der Waals surface area contributed by atoms with E-state index in [0.717, 1.165) is 6.42 Å². The Hall–Kier alpha value is -0.393. The van der Waals surface area contributed by atoms with E-state index in [0.29, 0.717) is 13.0 Å². The largest absolute Gasteiger partial charge is 0.392 e. The fourth-order valence-electron chi connectivity index (χ4n) is 1.87. The Morgan fingerprint density at radius 1 is 1.44 bits per heavy atom. The van der Waals surface area contributed by atoms with Crippen molar-refractivity contribution in [2.75, 3.05) is 6.61 Å². The van der Waals surface area contributed by atoms with Crippen LogP contribution in [0.5, 0.6) is 0 Å². The highest BCUT2D eigenvalue weighted by molar-refractivity contribution is 6.64. The van der Waals surface area contributed by atoms with Gasteiger partial charge in [0.2, 0.25) is 5.91 Å². The fourth-order valence-corrected chi connectivity index (χ4v) is 4.01. The number of amides is 1. The summed E-state index contributed by atoms with van der Waals surface area (Å²) >= 11 is 0. The second-order valence-corrected chi connectivity index (χ2v) is 9.02. The second kappa shape index (κ2) is 4.85. The predicted octanol–water partition coefficient (Wildman–Crippen LogP) is 1.80. The minimum atomic E-state index is -2.08. The number of hydrogen-bond donors (Lipinski definition) is 1. The molecule has 4 nitrogen and oxygen atoms in total. The first-order chi connectivity index (χ1) is 7.18. The van der Waals surface area contributed by atoms with Crippen LogP contribution in [-0.4, -0.2) is 32.7 Å². The standard InChI is InChI=1S/C11H23NO3Si/c1-11(2,3)15-16(4,5)14-8-9-6-7-10(13)12-9/h9H,6-8H2,1-5H3,(H,12,13)/t9-/m1/s1. The first-order valence-electron chi connectivity index (χ1n) is 5.81. The van der Waals surface area contributed by atoms with E-state index < -0.39 is 8.56 Å². The van der Waals surface area contributed by atoms with Crippen molar-refractivity contribution in [3.63, 3.8) is 0 Å². The third-order valence-corrected chi connectivity index (χ3v) is 4.23. The van der Waals surface area contributed by atoms with Gasteiger partial charge in [0.25, 0.3) is 0 Å². The summed E-state index contributed by atoms with van der Waals surface area (Å²) in [6, 6.07) is 0.169. The van der Waals surface area contributed by atoms with Gasteiger partial charge in [0, 0.05) is 6.42 Å². The zero-order chi connectivity index (χ0) is 12.4. The van der Waals surface area contributed by atoms with Gasteiger partial charge >= 0.3 is 8.56 Å². The summed E-state index contributed by atoms with van der Waals surface area (Å²) in [7, 11) is -2.08. The van der Waals surface area contributed by atoms with Crippen LogP contribution in [0.3, 0.4) is 0 Å². The van der Waals surface area contributed by atoms with Crippen LogP contribution in [0, 0.1) is 0 Å². The van der Waals surface area contributed by atoms with Crippen LogP contribution in [0.2, 0.25) is 13.1 Å². The molecule has 1 atom stereocenters. The van der Waals surface area contributed by atoms with Crippen molar-refractivity contribution >= 4 is 14.5 Å². The van der Waals surface area contributed by atoms with Crippen LogP contribution >= 0.6 is 0 Å². The summed E-state index contributed by atoms with van der Waals surface area (Å²) in [6.45, 7) is 10.7. The topological polar surface area (TPSA) is 47.6 Å². The molecule has 0 aromatic rings.